The number of ether oxygens (including phenoxy) is 2. The molecule has 0 atom stereocenters. The van der Waals surface area contributed by atoms with Crippen LogP contribution in [0.4, 0.5) is 0 Å². The Kier molecular flexibility index (Phi) is 7.11. The molecule has 0 aliphatic rings. The van der Waals surface area contributed by atoms with E-state index in [1.54, 1.807) is 36.7 Å². The molecular weight excluding hydrogens is 404 g/mol. The molecule has 0 spiro atoms. The van der Waals surface area contributed by atoms with Crippen LogP contribution in [0.3, 0.4) is 0 Å². The Balaban J connectivity index is 2.11. The predicted molar refractivity (Wildman–Crippen MR) is 122 cm³/mol. The molecule has 0 amide bonds. The average Bonchev–Trinajstić information content (AvgIpc) is 3.10. The van der Waals surface area contributed by atoms with Crippen LogP contribution in [-0.4, -0.2) is 30.2 Å². The first-order chi connectivity index (χ1) is 15.5. The summed E-state index contributed by atoms with van der Waals surface area (Å²) in [6.07, 6.45) is 1.54. The minimum Gasteiger partial charge on any atom is -0.465 e. The van der Waals surface area contributed by atoms with Crippen LogP contribution in [0.25, 0.3) is 22.3 Å². The second kappa shape index (κ2) is 9.97. The van der Waals surface area contributed by atoms with E-state index >= 15 is 0 Å². The molecule has 2 aromatic carbocycles. The quantitative estimate of drug-likeness (QED) is 0.485. The second-order valence-corrected chi connectivity index (χ2v) is 7.34. The molecular formula is C26H26N2O4. The van der Waals surface area contributed by atoms with E-state index in [2.05, 4.69) is 6.07 Å². The van der Waals surface area contributed by atoms with Crippen molar-refractivity contribution in [3.8, 4) is 28.3 Å². The number of hydrogen-bond donors (Lipinski definition) is 0. The molecule has 0 saturated heterocycles. The normalized spacial score (nSPS) is 10.5. The number of carbonyl (C=O) groups is 2. The fourth-order valence-electron chi connectivity index (χ4n) is 3.88. The maximum Gasteiger partial charge on any atom is 0.355 e. The standard InChI is InChI=1S/C26H26N2O4/c1-5-8-22-21(16-27)23(24(28(22)3)26(30)32-6-2)18-13-11-17(12-14-18)19-9-7-10-20(15-19)25(29)31-4/h7,9-15H,5-6,8H2,1-4H3. The molecule has 6 heteroatoms. The predicted octanol–water partition coefficient (Wildman–Crippen LogP) is 5.15. The maximum atomic E-state index is 12.8. The summed E-state index contributed by atoms with van der Waals surface area (Å²) in [7, 11) is 3.15. The molecule has 1 heterocycles. The van der Waals surface area contributed by atoms with Gasteiger partial charge in [-0.15, -0.1) is 0 Å². The Hall–Kier alpha value is -3.85. The number of methoxy groups -OCH3 is 1. The van der Waals surface area contributed by atoms with Crippen LogP contribution in [-0.2, 0) is 22.9 Å². The zero-order valence-electron chi connectivity index (χ0n) is 18.8. The molecule has 0 aliphatic carbocycles. The number of nitriles is 1. The summed E-state index contributed by atoms with van der Waals surface area (Å²) in [5.41, 5.74) is 5.29. The molecule has 0 saturated carbocycles. The van der Waals surface area contributed by atoms with Gasteiger partial charge in [0.05, 0.1) is 24.8 Å². The number of benzene rings is 2. The summed E-state index contributed by atoms with van der Waals surface area (Å²) in [5.74, 6) is -0.840. The van der Waals surface area contributed by atoms with Gasteiger partial charge in [-0.25, -0.2) is 9.59 Å². The smallest absolute Gasteiger partial charge is 0.355 e. The molecule has 1 aromatic heterocycles. The Morgan fingerprint density at radius 2 is 1.69 bits per heavy atom. The van der Waals surface area contributed by atoms with Crippen molar-refractivity contribution in [1.29, 1.82) is 5.26 Å². The third-order valence-corrected chi connectivity index (χ3v) is 5.37. The summed E-state index contributed by atoms with van der Waals surface area (Å²) >= 11 is 0. The molecule has 0 radical (unpaired) electrons. The van der Waals surface area contributed by atoms with E-state index in [-0.39, 0.29) is 6.61 Å². The molecule has 0 N–H and O–H groups in total. The van der Waals surface area contributed by atoms with E-state index in [1.807, 2.05) is 37.3 Å². The number of carbonyl (C=O) groups excluding carboxylic acids is 2. The SMILES string of the molecule is CCCc1c(C#N)c(-c2ccc(-c3cccc(C(=O)OC)c3)cc2)c(C(=O)OCC)n1C. The van der Waals surface area contributed by atoms with Crippen molar-refractivity contribution in [2.24, 2.45) is 7.05 Å². The van der Waals surface area contributed by atoms with Gasteiger partial charge in [0.15, 0.2) is 0 Å². The molecule has 3 aromatic rings. The molecule has 3 rings (SSSR count). The lowest BCUT2D eigenvalue weighted by molar-refractivity contribution is 0.0515. The fourth-order valence-corrected chi connectivity index (χ4v) is 3.88. The first-order valence-corrected chi connectivity index (χ1v) is 10.5. The first kappa shape index (κ1) is 22.8. The van der Waals surface area contributed by atoms with Gasteiger partial charge in [0.25, 0.3) is 0 Å². The van der Waals surface area contributed by atoms with Crippen LogP contribution in [0.15, 0.2) is 48.5 Å². The Labute approximate surface area is 188 Å². The highest BCUT2D eigenvalue weighted by molar-refractivity contribution is 5.98. The molecule has 0 unspecified atom stereocenters. The van der Waals surface area contributed by atoms with Gasteiger partial charge < -0.3 is 14.0 Å². The highest BCUT2D eigenvalue weighted by Crippen LogP contribution is 2.34. The summed E-state index contributed by atoms with van der Waals surface area (Å²) < 4.78 is 11.9. The van der Waals surface area contributed by atoms with Crippen LogP contribution < -0.4 is 0 Å². The van der Waals surface area contributed by atoms with Crippen LogP contribution in [0.5, 0.6) is 0 Å². The molecule has 32 heavy (non-hydrogen) atoms. The highest BCUT2D eigenvalue weighted by Gasteiger charge is 2.27. The summed E-state index contributed by atoms with van der Waals surface area (Å²) in [6, 6.07) is 17.1. The average molecular weight is 431 g/mol. The van der Waals surface area contributed by atoms with Gasteiger partial charge in [-0.05, 0) is 42.2 Å². The number of esters is 2. The topological polar surface area (TPSA) is 81.3 Å². The first-order valence-electron chi connectivity index (χ1n) is 10.5. The van der Waals surface area contributed by atoms with Crippen LogP contribution in [0, 0.1) is 11.3 Å². The number of nitrogens with zero attached hydrogens (tertiary/aromatic N) is 2. The Bertz CT molecular complexity index is 1180. The van der Waals surface area contributed by atoms with Crippen LogP contribution in [0.1, 0.15) is 52.4 Å². The highest BCUT2D eigenvalue weighted by atomic mass is 16.5. The lowest BCUT2D eigenvalue weighted by Crippen LogP contribution is -2.12. The van der Waals surface area contributed by atoms with Crippen LogP contribution >= 0.6 is 0 Å². The van der Waals surface area contributed by atoms with Gasteiger partial charge in [-0.3, -0.25) is 0 Å². The molecule has 0 fully saturated rings. The molecule has 0 aliphatic heterocycles. The van der Waals surface area contributed by atoms with E-state index in [1.165, 1.54) is 7.11 Å². The van der Waals surface area contributed by atoms with Gasteiger partial charge in [0.1, 0.15) is 11.8 Å². The second-order valence-electron chi connectivity index (χ2n) is 7.34. The van der Waals surface area contributed by atoms with Crippen molar-refractivity contribution in [3.63, 3.8) is 0 Å². The van der Waals surface area contributed by atoms with E-state index in [9.17, 15) is 14.9 Å². The van der Waals surface area contributed by atoms with Crippen molar-refractivity contribution in [1.82, 2.24) is 4.57 Å². The monoisotopic (exact) mass is 430 g/mol. The van der Waals surface area contributed by atoms with Gasteiger partial charge in [0.2, 0.25) is 0 Å². The summed E-state index contributed by atoms with van der Waals surface area (Å²) in [6.45, 7) is 4.05. The lowest BCUT2D eigenvalue weighted by Gasteiger charge is -2.09. The van der Waals surface area contributed by atoms with Crippen molar-refractivity contribution >= 4 is 11.9 Å². The molecule has 6 nitrogen and oxygen atoms in total. The fraction of sp³-hybridized carbons (Fsp3) is 0.269. The van der Waals surface area contributed by atoms with Gasteiger partial charge >= 0.3 is 11.9 Å². The zero-order valence-corrected chi connectivity index (χ0v) is 18.8. The maximum absolute atomic E-state index is 12.8. The van der Waals surface area contributed by atoms with Gasteiger partial charge in [0, 0.05) is 18.3 Å². The third kappa shape index (κ3) is 4.28. The summed E-state index contributed by atoms with van der Waals surface area (Å²) in [4.78, 5) is 24.6. The molecule has 164 valence electrons. The van der Waals surface area contributed by atoms with Crippen LogP contribution in [0.2, 0.25) is 0 Å². The van der Waals surface area contributed by atoms with Crippen molar-refractivity contribution < 1.29 is 19.1 Å². The minimum atomic E-state index is -0.446. The van der Waals surface area contributed by atoms with E-state index < -0.39 is 11.9 Å². The minimum absolute atomic E-state index is 0.254. The van der Waals surface area contributed by atoms with Gasteiger partial charge in [-0.1, -0.05) is 49.7 Å². The van der Waals surface area contributed by atoms with Crippen molar-refractivity contribution in [3.05, 3.63) is 71.0 Å². The Morgan fingerprint density at radius 3 is 2.28 bits per heavy atom. The Morgan fingerprint density at radius 1 is 1.00 bits per heavy atom. The van der Waals surface area contributed by atoms with E-state index in [0.29, 0.717) is 28.8 Å². The van der Waals surface area contributed by atoms with Gasteiger partial charge in [-0.2, -0.15) is 5.26 Å². The number of aromatic nitrogens is 1. The van der Waals surface area contributed by atoms with Crippen molar-refractivity contribution in [2.75, 3.05) is 13.7 Å². The van der Waals surface area contributed by atoms with E-state index in [0.717, 1.165) is 28.8 Å². The lowest BCUT2D eigenvalue weighted by atomic mass is 9.96. The largest absolute Gasteiger partial charge is 0.465 e. The zero-order chi connectivity index (χ0) is 23.3. The number of hydrogen-bond acceptors (Lipinski definition) is 5. The number of rotatable bonds is 7. The summed E-state index contributed by atoms with van der Waals surface area (Å²) in [5, 5.41) is 9.92. The third-order valence-electron chi connectivity index (χ3n) is 5.37. The van der Waals surface area contributed by atoms with E-state index in [4.69, 9.17) is 9.47 Å². The van der Waals surface area contributed by atoms with Crippen molar-refractivity contribution in [2.45, 2.75) is 26.7 Å². The molecule has 0 bridgehead atoms.